The van der Waals surface area contributed by atoms with Crippen LogP contribution in [-0.2, 0) is 0 Å². The number of nitro groups is 1. The molecule has 5 rings (SSSR count). The predicted molar refractivity (Wildman–Crippen MR) is 139 cm³/mol. The van der Waals surface area contributed by atoms with Gasteiger partial charge in [-0.25, -0.2) is 4.39 Å². The van der Waals surface area contributed by atoms with Crippen LogP contribution in [-0.4, -0.2) is 45.8 Å². The summed E-state index contributed by atoms with van der Waals surface area (Å²) in [5.41, 5.74) is 2.17. The Hall–Kier alpha value is -3.66. The number of rotatable bonds is 5. The smallest absolute Gasteiger partial charge is 0.274 e. The highest BCUT2D eigenvalue weighted by Gasteiger charge is 2.50. The fourth-order valence-corrected chi connectivity index (χ4v) is 5.83. The molecule has 2 aliphatic rings. The maximum absolute atomic E-state index is 13.3. The summed E-state index contributed by atoms with van der Waals surface area (Å²) in [6, 6.07) is 12.2. The van der Waals surface area contributed by atoms with E-state index in [4.69, 9.17) is 0 Å². The number of amides is 2. The van der Waals surface area contributed by atoms with E-state index >= 15 is 0 Å². The van der Waals surface area contributed by atoms with Crippen LogP contribution >= 0.6 is 15.9 Å². The van der Waals surface area contributed by atoms with E-state index in [1.807, 2.05) is 0 Å². The number of halogens is 2. The molecule has 3 aromatic rings. The molecule has 0 radical (unpaired) electrons. The van der Waals surface area contributed by atoms with Crippen LogP contribution in [0.4, 0.5) is 10.1 Å². The Balaban J connectivity index is 1.23. The lowest BCUT2D eigenvalue weighted by molar-refractivity contribution is -0.385. The lowest BCUT2D eigenvalue weighted by atomic mass is 9.65. The van der Waals surface area contributed by atoms with Crippen LogP contribution < -0.4 is 5.32 Å². The molecule has 1 aliphatic heterocycles. The number of carbonyl (C=O) groups excluding carboxylic acids is 2. The third-order valence-corrected chi connectivity index (χ3v) is 8.17. The number of nitrogens with zero attached hydrogens (tertiary/aromatic N) is 3. The first-order valence-corrected chi connectivity index (χ1v) is 12.7. The SMILES string of the molecule is Cc1c(Br)cc(C(=O)N2CCC3(CC(NC(=O)c4cccnc4-c4ccc(F)cc4)C3)C2)cc1[N+](=O)[O-]. The summed E-state index contributed by atoms with van der Waals surface area (Å²) in [5, 5.41) is 14.5. The van der Waals surface area contributed by atoms with E-state index in [-0.39, 0.29) is 40.3 Å². The van der Waals surface area contributed by atoms with Gasteiger partial charge in [0.25, 0.3) is 17.5 Å². The number of likely N-dealkylation sites (tertiary alicyclic amines) is 1. The van der Waals surface area contributed by atoms with Crippen LogP contribution in [0.3, 0.4) is 0 Å². The first-order chi connectivity index (χ1) is 17.7. The minimum Gasteiger partial charge on any atom is -0.349 e. The van der Waals surface area contributed by atoms with Crippen molar-refractivity contribution in [2.45, 2.75) is 32.2 Å². The predicted octanol–water partition coefficient (Wildman–Crippen LogP) is 5.29. The average molecular weight is 567 g/mol. The molecule has 1 N–H and O–H groups in total. The van der Waals surface area contributed by atoms with Crippen LogP contribution in [0.1, 0.15) is 45.5 Å². The monoisotopic (exact) mass is 566 g/mol. The third-order valence-electron chi connectivity index (χ3n) is 7.35. The molecule has 1 aliphatic carbocycles. The van der Waals surface area contributed by atoms with Gasteiger partial charge in [-0.05, 0) is 74.1 Å². The van der Waals surface area contributed by atoms with E-state index in [9.17, 15) is 24.1 Å². The largest absolute Gasteiger partial charge is 0.349 e. The molecular formula is C27H24BrFN4O4. The molecule has 0 atom stereocenters. The van der Waals surface area contributed by atoms with E-state index in [0.29, 0.717) is 39.9 Å². The Morgan fingerprint density at radius 3 is 2.65 bits per heavy atom. The van der Waals surface area contributed by atoms with Crippen molar-refractivity contribution in [3.05, 3.63) is 91.8 Å². The first kappa shape index (κ1) is 25.0. The van der Waals surface area contributed by atoms with Crippen molar-refractivity contribution < 1.29 is 18.9 Å². The van der Waals surface area contributed by atoms with Gasteiger partial charge in [-0.3, -0.25) is 24.7 Å². The van der Waals surface area contributed by atoms with Gasteiger partial charge >= 0.3 is 0 Å². The van der Waals surface area contributed by atoms with Crippen molar-refractivity contribution in [3.63, 3.8) is 0 Å². The maximum Gasteiger partial charge on any atom is 0.274 e. The zero-order valence-electron chi connectivity index (χ0n) is 20.0. The van der Waals surface area contributed by atoms with Gasteiger partial charge in [0.05, 0.1) is 16.2 Å². The summed E-state index contributed by atoms with van der Waals surface area (Å²) in [7, 11) is 0. The van der Waals surface area contributed by atoms with Gasteiger partial charge in [0.1, 0.15) is 5.82 Å². The van der Waals surface area contributed by atoms with E-state index in [1.54, 1.807) is 48.4 Å². The molecule has 1 saturated heterocycles. The maximum atomic E-state index is 13.3. The van der Waals surface area contributed by atoms with Gasteiger partial charge in [-0.1, -0.05) is 15.9 Å². The number of aromatic nitrogens is 1. The van der Waals surface area contributed by atoms with E-state index < -0.39 is 4.92 Å². The van der Waals surface area contributed by atoms with Crippen LogP contribution in [0.25, 0.3) is 11.3 Å². The summed E-state index contributed by atoms with van der Waals surface area (Å²) in [6.07, 6.45) is 3.89. The molecule has 1 saturated carbocycles. The minimum atomic E-state index is -0.481. The molecule has 2 amide bonds. The van der Waals surface area contributed by atoms with Crippen LogP contribution in [0.2, 0.25) is 0 Å². The molecule has 2 aromatic carbocycles. The molecule has 190 valence electrons. The Bertz CT molecular complexity index is 1410. The summed E-state index contributed by atoms with van der Waals surface area (Å²) in [6.45, 7) is 2.75. The highest BCUT2D eigenvalue weighted by molar-refractivity contribution is 9.10. The fraction of sp³-hybridized carbons (Fsp3) is 0.296. The number of nitrogens with one attached hydrogen (secondary N) is 1. The summed E-state index contributed by atoms with van der Waals surface area (Å²) < 4.78 is 13.9. The molecule has 10 heteroatoms. The molecule has 2 fully saturated rings. The third kappa shape index (κ3) is 4.85. The lowest BCUT2D eigenvalue weighted by Gasteiger charge is -2.45. The molecular weight excluding hydrogens is 543 g/mol. The highest BCUT2D eigenvalue weighted by atomic mass is 79.9. The van der Waals surface area contributed by atoms with Crippen molar-refractivity contribution in [1.82, 2.24) is 15.2 Å². The molecule has 0 bridgehead atoms. The first-order valence-electron chi connectivity index (χ1n) is 11.9. The van der Waals surface area contributed by atoms with Gasteiger partial charge in [0.15, 0.2) is 0 Å². The van der Waals surface area contributed by atoms with Crippen LogP contribution in [0.15, 0.2) is 59.2 Å². The van der Waals surface area contributed by atoms with E-state index in [1.165, 1.54) is 18.2 Å². The molecule has 8 nitrogen and oxygen atoms in total. The van der Waals surface area contributed by atoms with Gasteiger partial charge < -0.3 is 10.2 Å². The molecule has 2 heterocycles. The van der Waals surface area contributed by atoms with Crippen LogP contribution in [0, 0.1) is 28.3 Å². The quantitative estimate of drug-likeness (QED) is 0.333. The zero-order chi connectivity index (χ0) is 26.3. The average Bonchev–Trinajstić information content (AvgIpc) is 3.31. The van der Waals surface area contributed by atoms with Crippen molar-refractivity contribution in [2.24, 2.45) is 5.41 Å². The standard InChI is InChI=1S/C27H24BrFN4O4/c1-16-22(28)11-18(12-23(16)33(36)37)26(35)32-10-8-27(15-32)13-20(14-27)31-25(34)21-3-2-9-30-24(21)17-4-6-19(29)7-5-17/h2-7,9,11-12,20H,8,10,13-15H2,1H3,(H,31,34). The Morgan fingerprint density at radius 1 is 1.22 bits per heavy atom. The second kappa shape index (κ2) is 9.66. The van der Waals surface area contributed by atoms with Crippen molar-refractivity contribution in [1.29, 1.82) is 0 Å². The van der Waals surface area contributed by atoms with Crippen molar-refractivity contribution >= 4 is 33.4 Å². The minimum absolute atomic E-state index is 0.0292. The molecule has 0 unspecified atom stereocenters. The molecule has 1 aromatic heterocycles. The van der Waals surface area contributed by atoms with E-state index in [2.05, 4.69) is 26.2 Å². The van der Waals surface area contributed by atoms with Crippen LogP contribution in [0.5, 0.6) is 0 Å². The Labute approximate surface area is 221 Å². The van der Waals surface area contributed by atoms with Gasteiger partial charge in [0, 0.05) is 52.6 Å². The zero-order valence-corrected chi connectivity index (χ0v) is 21.6. The van der Waals surface area contributed by atoms with Gasteiger partial charge in [-0.15, -0.1) is 0 Å². The van der Waals surface area contributed by atoms with Gasteiger partial charge in [0.2, 0.25) is 0 Å². The fourth-order valence-electron chi connectivity index (χ4n) is 5.38. The number of pyridine rings is 1. The van der Waals surface area contributed by atoms with Crippen molar-refractivity contribution in [3.8, 4) is 11.3 Å². The molecule has 1 spiro atoms. The topological polar surface area (TPSA) is 105 Å². The molecule has 37 heavy (non-hydrogen) atoms. The summed E-state index contributed by atoms with van der Waals surface area (Å²) >= 11 is 3.33. The highest BCUT2D eigenvalue weighted by Crippen LogP contribution is 2.48. The number of hydrogen-bond donors (Lipinski definition) is 1. The number of carbonyl (C=O) groups is 2. The summed E-state index contributed by atoms with van der Waals surface area (Å²) in [4.78, 5) is 43.2. The number of nitro benzene ring substituents is 1. The van der Waals surface area contributed by atoms with Gasteiger partial charge in [-0.2, -0.15) is 0 Å². The number of benzene rings is 2. The van der Waals surface area contributed by atoms with E-state index in [0.717, 1.165) is 19.3 Å². The Morgan fingerprint density at radius 2 is 1.95 bits per heavy atom. The van der Waals surface area contributed by atoms with Crippen molar-refractivity contribution in [2.75, 3.05) is 13.1 Å². The second-order valence-corrected chi connectivity index (χ2v) is 10.7. The lowest BCUT2D eigenvalue weighted by Crippen LogP contribution is -2.52. The second-order valence-electron chi connectivity index (χ2n) is 9.82. The summed E-state index contributed by atoms with van der Waals surface area (Å²) in [5.74, 6) is -0.828. The normalized spacial score (nSPS) is 20.5. The Kier molecular flexibility index (Phi) is 6.53. The number of hydrogen-bond acceptors (Lipinski definition) is 5.